The Morgan fingerprint density at radius 1 is 1.11 bits per heavy atom. The summed E-state index contributed by atoms with van der Waals surface area (Å²) in [4.78, 5) is 14.3. The van der Waals surface area contributed by atoms with Gasteiger partial charge in [-0.2, -0.15) is 0 Å². The standard InChI is InChI=1S/C14H27N3O/c15-9-10-17(13-7-8-13)11-14(18)16-12-5-3-1-2-4-6-12/h12-13H,1-11,15H2,(H,16,18). The van der Waals surface area contributed by atoms with Crippen molar-refractivity contribution >= 4 is 5.91 Å². The van der Waals surface area contributed by atoms with E-state index >= 15 is 0 Å². The highest BCUT2D eigenvalue weighted by Gasteiger charge is 2.30. The second kappa shape index (κ2) is 7.10. The first kappa shape index (κ1) is 13.8. The Kier molecular flexibility index (Phi) is 5.45. The normalized spacial score (nSPS) is 21.9. The lowest BCUT2D eigenvalue weighted by atomic mass is 10.1. The maximum atomic E-state index is 12.0. The summed E-state index contributed by atoms with van der Waals surface area (Å²) in [5, 5.41) is 3.21. The van der Waals surface area contributed by atoms with Crippen LogP contribution in [0.2, 0.25) is 0 Å². The fourth-order valence-electron chi connectivity index (χ4n) is 2.88. The van der Waals surface area contributed by atoms with E-state index in [1.54, 1.807) is 0 Å². The van der Waals surface area contributed by atoms with E-state index in [4.69, 9.17) is 5.73 Å². The van der Waals surface area contributed by atoms with Gasteiger partial charge >= 0.3 is 0 Å². The fourth-order valence-corrected chi connectivity index (χ4v) is 2.88. The first-order valence-electron chi connectivity index (χ1n) is 7.53. The van der Waals surface area contributed by atoms with E-state index in [0.29, 0.717) is 25.2 Å². The quantitative estimate of drug-likeness (QED) is 0.700. The maximum absolute atomic E-state index is 12.0. The van der Waals surface area contributed by atoms with Crippen molar-refractivity contribution in [3.8, 4) is 0 Å². The molecule has 2 rings (SSSR count). The van der Waals surface area contributed by atoms with Crippen molar-refractivity contribution in [3.63, 3.8) is 0 Å². The Hall–Kier alpha value is -0.610. The topological polar surface area (TPSA) is 58.4 Å². The van der Waals surface area contributed by atoms with Crippen LogP contribution < -0.4 is 11.1 Å². The number of rotatable bonds is 6. The van der Waals surface area contributed by atoms with Gasteiger partial charge in [0.25, 0.3) is 0 Å². The first-order valence-corrected chi connectivity index (χ1v) is 7.53. The van der Waals surface area contributed by atoms with Crippen molar-refractivity contribution in [1.29, 1.82) is 0 Å². The lowest BCUT2D eigenvalue weighted by Gasteiger charge is -2.23. The summed E-state index contributed by atoms with van der Waals surface area (Å²) in [6.07, 6.45) is 9.97. The number of nitrogens with two attached hydrogens (primary N) is 1. The second-order valence-corrected chi connectivity index (χ2v) is 5.75. The largest absolute Gasteiger partial charge is 0.352 e. The third kappa shape index (κ3) is 4.58. The van der Waals surface area contributed by atoms with E-state index in [-0.39, 0.29) is 5.91 Å². The minimum atomic E-state index is 0.197. The third-order valence-corrected chi connectivity index (χ3v) is 4.05. The summed E-state index contributed by atoms with van der Waals surface area (Å²) in [6, 6.07) is 1.03. The molecule has 0 heterocycles. The van der Waals surface area contributed by atoms with E-state index in [1.807, 2.05) is 0 Å². The molecule has 0 aromatic rings. The first-order chi connectivity index (χ1) is 8.79. The summed E-state index contributed by atoms with van der Waals surface area (Å²) in [5.74, 6) is 0.197. The summed E-state index contributed by atoms with van der Waals surface area (Å²) in [6.45, 7) is 2.04. The molecule has 0 bridgehead atoms. The summed E-state index contributed by atoms with van der Waals surface area (Å²) >= 11 is 0. The van der Waals surface area contributed by atoms with Gasteiger partial charge in [0.15, 0.2) is 0 Å². The summed E-state index contributed by atoms with van der Waals surface area (Å²) < 4.78 is 0. The second-order valence-electron chi connectivity index (χ2n) is 5.75. The lowest BCUT2D eigenvalue weighted by molar-refractivity contribution is -0.123. The SMILES string of the molecule is NCCN(CC(=O)NC1CCCCCC1)C1CC1. The Morgan fingerprint density at radius 2 is 1.78 bits per heavy atom. The molecule has 2 aliphatic carbocycles. The average molecular weight is 253 g/mol. The Bertz CT molecular complexity index is 258. The van der Waals surface area contributed by atoms with E-state index in [9.17, 15) is 4.79 Å². The molecule has 2 saturated carbocycles. The van der Waals surface area contributed by atoms with Crippen LogP contribution in [0, 0.1) is 0 Å². The van der Waals surface area contributed by atoms with Crippen LogP contribution in [0.3, 0.4) is 0 Å². The van der Waals surface area contributed by atoms with Crippen molar-refractivity contribution < 1.29 is 4.79 Å². The van der Waals surface area contributed by atoms with E-state index in [1.165, 1.54) is 38.5 Å². The number of nitrogens with one attached hydrogen (secondary N) is 1. The van der Waals surface area contributed by atoms with E-state index in [2.05, 4.69) is 10.2 Å². The molecule has 4 nitrogen and oxygen atoms in total. The predicted molar refractivity (Wildman–Crippen MR) is 73.3 cm³/mol. The number of hydrogen-bond acceptors (Lipinski definition) is 3. The molecule has 0 spiro atoms. The molecule has 104 valence electrons. The van der Waals surface area contributed by atoms with Crippen molar-refractivity contribution in [1.82, 2.24) is 10.2 Å². The van der Waals surface area contributed by atoms with Gasteiger partial charge < -0.3 is 11.1 Å². The van der Waals surface area contributed by atoms with Gasteiger partial charge in [0, 0.05) is 25.2 Å². The molecule has 0 unspecified atom stereocenters. The van der Waals surface area contributed by atoms with Gasteiger partial charge in [0.1, 0.15) is 0 Å². The van der Waals surface area contributed by atoms with Crippen LogP contribution >= 0.6 is 0 Å². The van der Waals surface area contributed by atoms with Crippen LogP contribution in [0.15, 0.2) is 0 Å². The number of carbonyl (C=O) groups is 1. The minimum absolute atomic E-state index is 0.197. The van der Waals surface area contributed by atoms with Crippen molar-refractivity contribution in [3.05, 3.63) is 0 Å². The molecule has 0 aromatic heterocycles. The van der Waals surface area contributed by atoms with Gasteiger partial charge in [-0.15, -0.1) is 0 Å². The van der Waals surface area contributed by atoms with Crippen molar-refractivity contribution in [2.75, 3.05) is 19.6 Å². The number of amides is 1. The summed E-state index contributed by atoms with van der Waals surface area (Å²) in [5.41, 5.74) is 5.60. The van der Waals surface area contributed by atoms with Gasteiger partial charge in [-0.1, -0.05) is 25.7 Å². The summed E-state index contributed by atoms with van der Waals surface area (Å²) in [7, 11) is 0. The van der Waals surface area contributed by atoms with Gasteiger partial charge in [-0.3, -0.25) is 9.69 Å². The molecule has 3 N–H and O–H groups in total. The highest BCUT2D eigenvalue weighted by Crippen LogP contribution is 2.26. The predicted octanol–water partition coefficient (Wildman–Crippen LogP) is 1.25. The fraction of sp³-hybridized carbons (Fsp3) is 0.929. The molecule has 0 radical (unpaired) electrons. The Labute approximate surface area is 110 Å². The molecule has 0 aromatic carbocycles. The van der Waals surface area contributed by atoms with Gasteiger partial charge in [-0.05, 0) is 25.7 Å². The van der Waals surface area contributed by atoms with Crippen LogP contribution in [-0.2, 0) is 4.79 Å². The molecule has 0 aliphatic heterocycles. The Morgan fingerprint density at radius 3 is 2.33 bits per heavy atom. The molecule has 18 heavy (non-hydrogen) atoms. The molecule has 4 heteroatoms. The smallest absolute Gasteiger partial charge is 0.234 e. The van der Waals surface area contributed by atoms with Crippen LogP contribution in [-0.4, -0.2) is 42.5 Å². The Balaban J connectivity index is 1.72. The maximum Gasteiger partial charge on any atom is 0.234 e. The van der Waals surface area contributed by atoms with E-state index in [0.717, 1.165) is 19.4 Å². The van der Waals surface area contributed by atoms with Crippen LogP contribution in [0.4, 0.5) is 0 Å². The zero-order chi connectivity index (χ0) is 12.8. The zero-order valence-electron chi connectivity index (χ0n) is 11.4. The monoisotopic (exact) mass is 253 g/mol. The average Bonchev–Trinajstić information content (AvgIpc) is 3.16. The van der Waals surface area contributed by atoms with Gasteiger partial charge in [0.05, 0.1) is 6.54 Å². The van der Waals surface area contributed by atoms with Crippen LogP contribution in [0.5, 0.6) is 0 Å². The molecular formula is C14H27N3O. The van der Waals surface area contributed by atoms with Crippen LogP contribution in [0.25, 0.3) is 0 Å². The molecular weight excluding hydrogens is 226 g/mol. The van der Waals surface area contributed by atoms with E-state index < -0.39 is 0 Å². The van der Waals surface area contributed by atoms with Gasteiger partial charge in [0.2, 0.25) is 5.91 Å². The zero-order valence-corrected chi connectivity index (χ0v) is 11.4. The molecule has 0 atom stereocenters. The van der Waals surface area contributed by atoms with Crippen molar-refractivity contribution in [2.45, 2.75) is 63.5 Å². The highest BCUT2D eigenvalue weighted by molar-refractivity contribution is 5.78. The number of nitrogens with zero attached hydrogens (tertiary/aromatic N) is 1. The van der Waals surface area contributed by atoms with Crippen LogP contribution in [0.1, 0.15) is 51.4 Å². The highest BCUT2D eigenvalue weighted by atomic mass is 16.2. The third-order valence-electron chi connectivity index (χ3n) is 4.05. The van der Waals surface area contributed by atoms with Gasteiger partial charge in [-0.25, -0.2) is 0 Å². The molecule has 0 saturated heterocycles. The number of hydrogen-bond donors (Lipinski definition) is 2. The minimum Gasteiger partial charge on any atom is -0.352 e. The molecule has 2 aliphatic rings. The molecule has 1 amide bonds. The number of carbonyl (C=O) groups excluding carboxylic acids is 1. The van der Waals surface area contributed by atoms with Crippen molar-refractivity contribution in [2.24, 2.45) is 5.73 Å². The lowest BCUT2D eigenvalue weighted by Crippen LogP contribution is -2.44. The molecule has 2 fully saturated rings.